The van der Waals surface area contributed by atoms with Gasteiger partial charge in [0, 0.05) is 16.3 Å². The van der Waals surface area contributed by atoms with Crippen molar-refractivity contribution >= 4 is 27.8 Å². The van der Waals surface area contributed by atoms with Crippen molar-refractivity contribution in [3.63, 3.8) is 0 Å². The number of aromatic nitrogens is 3. The SMILES string of the molecule is CC(C)c1c(-c2ccc(C(=O)O)cc2)nc2cc3[nH]ncc3cc2c1-c1ccc(F)c(F)c1. The molecule has 2 heterocycles. The number of carboxylic acid groups (broad SMARTS) is 1. The van der Waals surface area contributed by atoms with Crippen LogP contribution < -0.4 is 0 Å². The van der Waals surface area contributed by atoms with Crippen molar-refractivity contribution in [2.45, 2.75) is 19.8 Å². The van der Waals surface area contributed by atoms with E-state index in [4.69, 9.17) is 4.98 Å². The number of nitrogens with one attached hydrogen (secondary N) is 1. The number of pyridine rings is 1. The Kier molecular flexibility index (Phi) is 4.89. The number of aromatic amines is 1. The summed E-state index contributed by atoms with van der Waals surface area (Å²) in [6.45, 7) is 4.02. The molecule has 0 saturated carbocycles. The van der Waals surface area contributed by atoms with Gasteiger partial charge < -0.3 is 5.11 Å². The summed E-state index contributed by atoms with van der Waals surface area (Å²) in [5.74, 6) is -2.87. The van der Waals surface area contributed by atoms with Crippen molar-refractivity contribution in [1.82, 2.24) is 15.2 Å². The number of aromatic carboxylic acids is 1. The van der Waals surface area contributed by atoms with E-state index in [0.29, 0.717) is 16.8 Å². The average Bonchev–Trinajstić information content (AvgIpc) is 3.25. The summed E-state index contributed by atoms with van der Waals surface area (Å²) in [5, 5.41) is 18.0. The first-order chi connectivity index (χ1) is 15.8. The highest BCUT2D eigenvalue weighted by atomic mass is 19.2. The molecule has 0 aliphatic heterocycles. The number of benzene rings is 3. The molecule has 5 nitrogen and oxygen atoms in total. The van der Waals surface area contributed by atoms with Gasteiger partial charge in [0.1, 0.15) is 0 Å². The van der Waals surface area contributed by atoms with Gasteiger partial charge in [0.15, 0.2) is 11.6 Å². The van der Waals surface area contributed by atoms with Gasteiger partial charge in [0.25, 0.3) is 0 Å². The molecule has 3 aromatic carbocycles. The first kappa shape index (κ1) is 20.8. The first-order valence-electron chi connectivity index (χ1n) is 10.4. The van der Waals surface area contributed by atoms with Crippen LogP contribution >= 0.6 is 0 Å². The van der Waals surface area contributed by atoms with E-state index in [1.165, 1.54) is 18.2 Å². The van der Waals surface area contributed by atoms with Gasteiger partial charge in [-0.25, -0.2) is 18.6 Å². The fourth-order valence-electron chi connectivity index (χ4n) is 4.23. The maximum atomic E-state index is 14.3. The molecule has 0 unspecified atom stereocenters. The topological polar surface area (TPSA) is 78.9 Å². The standard InChI is InChI=1S/C26H19F2N3O2/c1-13(2)23-24(16-7-8-19(27)20(28)10-16)18-9-17-12-29-31-21(17)11-22(18)30-25(23)14-3-5-15(6-4-14)26(32)33/h3-13H,1-2H3,(H,29,31)(H,32,33). The molecular weight excluding hydrogens is 424 g/mol. The van der Waals surface area contributed by atoms with Gasteiger partial charge in [0.05, 0.1) is 28.5 Å². The van der Waals surface area contributed by atoms with Crippen LogP contribution in [0.25, 0.3) is 44.2 Å². The Morgan fingerprint density at radius 2 is 1.70 bits per heavy atom. The molecule has 7 heteroatoms. The van der Waals surface area contributed by atoms with E-state index in [9.17, 15) is 18.7 Å². The van der Waals surface area contributed by atoms with Crippen molar-refractivity contribution < 1.29 is 18.7 Å². The van der Waals surface area contributed by atoms with Crippen LogP contribution in [0.15, 0.2) is 60.8 Å². The molecule has 5 aromatic rings. The molecule has 2 aromatic heterocycles. The molecule has 0 aliphatic rings. The molecule has 164 valence electrons. The maximum absolute atomic E-state index is 14.3. The molecule has 0 bridgehead atoms. The lowest BCUT2D eigenvalue weighted by molar-refractivity contribution is 0.0697. The minimum atomic E-state index is -1.01. The van der Waals surface area contributed by atoms with E-state index in [-0.39, 0.29) is 11.5 Å². The second-order valence-corrected chi connectivity index (χ2v) is 8.24. The third-order valence-electron chi connectivity index (χ3n) is 5.77. The molecule has 0 radical (unpaired) electrons. The summed E-state index contributed by atoms with van der Waals surface area (Å²) >= 11 is 0. The monoisotopic (exact) mass is 443 g/mol. The summed E-state index contributed by atoms with van der Waals surface area (Å²) in [5.41, 5.74) is 5.19. The second-order valence-electron chi connectivity index (χ2n) is 8.24. The van der Waals surface area contributed by atoms with Crippen LogP contribution in [0.2, 0.25) is 0 Å². The largest absolute Gasteiger partial charge is 0.478 e. The Morgan fingerprint density at radius 3 is 2.36 bits per heavy atom. The van der Waals surface area contributed by atoms with Crippen LogP contribution in [-0.4, -0.2) is 26.3 Å². The smallest absolute Gasteiger partial charge is 0.335 e. The van der Waals surface area contributed by atoms with Gasteiger partial charge in [-0.3, -0.25) is 5.10 Å². The summed E-state index contributed by atoms with van der Waals surface area (Å²) in [6.07, 6.45) is 1.71. The zero-order valence-electron chi connectivity index (χ0n) is 17.9. The molecule has 5 rings (SSSR count). The Hall–Kier alpha value is -4.13. The van der Waals surface area contributed by atoms with Gasteiger partial charge in [-0.05, 0) is 59.0 Å². The molecule has 0 aliphatic carbocycles. The van der Waals surface area contributed by atoms with Gasteiger partial charge in [-0.15, -0.1) is 0 Å². The zero-order valence-corrected chi connectivity index (χ0v) is 17.9. The van der Waals surface area contributed by atoms with Gasteiger partial charge in [-0.1, -0.05) is 32.0 Å². The highest BCUT2D eigenvalue weighted by molar-refractivity contribution is 6.05. The number of H-pyrrole nitrogens is 1. The number of hydrogen-bond acceptors (Lipinski definition) is 3. The minimum Gasteiger partial charge on any atom is -0.478 e. The second kappa shape index (κ2) is 7.78. The number of nitrogens with zero attached hydrogens (tertiary/aromatic N) is 2. The lowest BCUT2D eigenvalue weighted by Gasteiger charge is -2.21. The third-order valence-corrected chi connectivity index (χ3v) is 5.77. The number of fused-ring (bicyclic) bond motifs is 2. The van der Waals surface area contributed by atoms with Crippen LogP contribution in [0.3, 0.4) is 0 Å². The van der Waals surface area contributed by atoms with Crippen molar-refractivity contribution in [3.05, 3.63) is 83.6 Å². The number of halogens is 2. The van der Waals surface area contributed by atoms with E-state index < -0.39 is 17.6 Å². The average molecular weight is 443 g/mol. The Labute approximate surface area is 187 Å². The predicted octanol–water partition coefficient (Wildman–Crippen LogP) is 6.54. The Morgan fingerprint density at radius 1 is 0.970 bits per heavy atom. The summed E-state index contributed by atoms with van der Waals surface area (Å²) in [6, 6.07) is 14.2. The zero-order chi connectivity index (χ0) is 23.3. The van der Waals surface area contributed by atoms with Crippen LogP contribution in [0.4, 0.5) is 8.78 Å². The molecular formula is C26H19F2N3O2. The first-order valence-corrected chi connectivity index (χ1v) is 10.4. The van der Waals surface area contributed by atoms with Gasteiger partial charge >= 0.3 is 5.97 Å². The minimum absolute atomic E-state index is 0.0146. The van der Waals surface area contributed by atoms with E-state index >= 15 is 0 Å². The molecule has 0 saturated heterocycles. The summed E-state index contributed by atoms with van der Waals surface area (Å²) < 4.78 is 28.0. The van der Waals surface area contributed by atoms with Gasteiger partial charge in [-0.2, -0.15) is 5.10 Å². The van der Waals surface area contributed by atoms with Crippen LogP contribution in [0.5, 0.6) is 0 Å². The van der Waals surface area contributed by atoms with Crippen molar-refractivity contribution in [3.8, 4) is 22.4 Å². The number of hydrogen-bond donors (Lipinski definition) is 2. The lowest BCUT2D eigenvalue weighted by atomic mass is 9.86. The molecule has 0 atom stereocenters. The quantitative estimate of drug-likeness (QED) is 0.330. The molecule has 0 spiro atoms. The van der Waals surface area contributed by atoms with Crippen LogP contribution in [0, 0.1) is 11.6 Å². The Balaban J connectivity index is 1.90. The van der Waals surface area contributed by atoms with E-state index in [0.717, 1.165) is 39.0 Å². The highest BCUT2D eigenvalue weighted by Gasteiger charge is 2.22. The number of rotatable bonds is 4. The van der Waals surface area contributed by atoms with Crippen LogP contribution in [-0.2, 0) is 0 Å². The normalized spacial score (nSPS) is 11.5. The molecule has 0 amide bonds. The lowest BCUT2D eigenvalue weighted by Crippen LogP contribution is -2.03. The summed E-state index contributed by atoms with van der Waals surface area (Å²) in [4.78, 5) is 16.2. The van der Waals surface area contributed by atoms with Crippen molar-refractivity contribution in [1.29, 1.82) is 0 Å². The maximum Gasteiger partial charge on any atom is 0.335 e. The van der Waals surface area contributed by atoms with Gasteiger partial charge in [0.2, 0.25) is 0 Å². The van der Waals surface area contributed by atoms with Crippen molar-refractivity contribution in [2.75, 3.05) is 0 Å². The van der Waals surface area contributed by atoms with Crippen molar-refractivity contribution in [2.24, 2.45) is 0 Å². The fraction of sp³-hybridized carbons (Fsp3) is 0.115. The Bertz CT molecular complexity index is 1540. The highest BCUT2D eigenvalue weighted by Crippen LogP contribution is 2.42. The number of carbonyl (C=O) groups is 1. The number of carboxylic acids is 1. The molecule has 0 fully saturated rings. The van der Waals surface area contributed by atoms with E-state index in [2.05, 4.69) is 10.2 Å². The predicted molar refractivity (Wildman–Crippen MR) is 123 cm³/mol. The fourth-order valence-corrected chi connectivity index (χ4v) is 4.23. The molecule has 33 heavy (non-hydrogen) atoms. The van der Waals surface area contributed by atoms with E-state index in [1.54, 1.807) is 24.4 Å². The van der Waals surface area contributed by atoms with E-state index in [1.807, 2.05) is 26.0 Å². The molecule has 2 N–H and O–H groups in total. The summed E-state index contributed by atoms with van der Waals surface area (Å²) in [7, 11) is 0. The third kappa shape index (κ3) is 3.51. The van der Waals surface area contributed by atoms with Crippen LogP contribution in [0.1, 0.15) is 35.7 Å².